The fourth-order valence-corrected chi connectivity index (χ4v) is 0.685. The molecule has 0 aliphatic heterocycles. The van der Waals surface area contributed by atoms with Gasteiger partial charge in [-0.1, -0.05) is 20.8 Å². The Morgan fingerprint density at radius 3 is 2.50 bits per heavy atom. The predicted octanol–water partition coefficient (Wildman–Crippen LogP) is 0.719. The largest absolute Gasteiger partial charge is 0.164 e. The Morgan fingerprint density at radius 1 is 1.40 bits per heavy atom. The lowest BCUT2D eigenvalue weighted by Gasteiger charge is -2.15. The molecule has 0 saturated carbocycles. The summed E-state index contributed by atoms with van der Waals surface area (Å²) in [5.74, 6) is 0. The number of aromatic nitrogens is 4. The van der Waals surface area contributed by atoms with Gasteiger partial charge in [-0.25, -0.2) is 0 Å². The summed E-state index contributed by atoms with van der Waals surface area (Å²) < 4.78 is 0. The lowest BCUT2D eigenvalue weighted by molar-refractivity contribution is 0.299. The van der Waals surface area contributed by atoms with Gasteiger partial charge in [-0.15, -0.1) is 10.2 Å². The minimum Gasteiger partial charge on any atom is -0.164 e. The van der Waals surface area contributed by atoms with Crippen molar-refractivity contribution in [3.05, 3.63) is 6.33 Å². The third kappa shape index (κ3) is 2.13. The van der Waals surface area contributed by atoms with E-state index in [4.69, 9.17) is 0 Å². The van der Waals surface area contributed by atoms with Gasteiger partial charge in [0.2, 0.25) is 0 Å². The number of hydrogen-bond donors (Lipinski definition) is 0. The molecule has 1 aromatic rings. The summed E-state index contributed by atoms with van der Waals surface area (Å²) in [5, 5.41) is 11.3. The highest BCUT2D eigenvalue weighted by Gasteiger charge is 2.11. The van der Waals surface area contributed by atoms with Crippen LogP contribution in [0.5, 0.6) is 0 Å². The van der Waals surface area contributed by atoms with Crippen LogP contribution in [0.2, 0.25) is 0 Å². The first-order valence-corrected chi connectivity index (χ1v) is 3.29. The molecule has 0 aromatic carbocycles. The maximum absolute atomic E-state index is 3.90. The van der Waals surface area contributed by atoms with Crippen LogP contribution in [-0.4, -0.2) is 20.2 Å². The van der Waals surface area contributed by atoms with Crippen LogP contribution in [0.15, 0.2) is 6.33 Å². The molecule has 0 aliphatic rings. The molecule has 0 amide bonds. The van der Waals surface area contributed by atoms with E-state index in [9.17, 15) is 0 Å². The molecule has 0 saturated heterocycles. The van der Waals surface area contributed by atoms with Crippen molar-refractivity contribution in [3.63, 3.8) is 0 Å². The van der Waals surface area contributed by atoms with Crippen molar-refractivity contribution in [2.75, 3.05) is 0 Å². The molecule has 0 radical (unpaired) electrons. The molecule has 0 aliphatic carbocycles. The van der Waals surface area contributed by atoms with Crippen molar-refractivity contribution in [2.45, 2.75) is 27.3 Å². The lowest BCUT2D eigenvalue weighted by atomic mass is 9.97. The highest BCUT2D eigenvalue weighted by molar-refractivity contribution is 4.58. The third-order valence-electron chi connectivity index (χ3n) is 1.01. The Kier molecular flexibility index (Phi) is 1.70. The molecule has 1 rings (SSSR count). The highest BCUT2D eigenvalue weighted by atomic mass is 15.6. The zero-order chi connectivity index (χ0) is 7.61. The summed E-state index contributed by atoms with van der Waals surface area (Å²) in [6, 6.07) is 0. The van der Waals surface area contributed by atoms with E-state index in [-0.39, 0.29) is 5.41 Å². The lowest BCUT2D eigenvalue weighted by Crippen LogP contribution is -2.17. The molecular formula is C6H12N4. The smallest absolute Gasteiger partial charge is 0.162 e. The zero-order valence-electron chi connectivity index (χ0n) is 6.57. The van der Waals surface area contributed by atoms with E-state index in [1.807, 2.05) is 0 Å². The Labute approximate surface area is 60.2 Å². The van der Waals surface area contributed by atoms with E-state index in [0.29, 0.717) is 0 Å². The number of hydrogen-bond acceptors (Lipinski definition) is 3. The minimum atomic E-state index is 0.223. The molecule has 1 aromatic heterocycles. The molecule has 4 heteroatoms. The second kappa shape index (κ2) is 2.36. The van der Waals surface area contributed by atoms with Crippen molar-refractivity contribution in [2.24, 2.45) is 5.41 Å². The molecule has 0 bridgehead atoms. The topological polar surface area (TPSA) is 43.6 Å². The molecule has 0 atom stereocenters. The average molecular weight is 140 g/mol. The molecule has 0 spiro atoms. The van der Waals surface area contributed by atoms with E-state index in [2.05, 4.69) is 36.2 Å². The van der Waals surface area contributed by atoms with E-state index >= 15 is 0 Å². The van der Waals surface area contributed by atoms with Crippen LogP contribution in [-0.2, 0) is 6.54 Å². The number of nitrogens with zero attached hydrogens (tertiary/aromatic N) is 4. The molecule has 0 fully saturated rings. The number of rotatable bonds is 1. The maximum atomic E-state index is 3.90. The van der Waals surface area contributed by atoms with Crippen LogP contribution in [0.1, 0.15) is 20.8 Å². The van der Waals surface area contributed by atoms with Crippen LogP contribution >= 0.6 is 0 Å². The molecule has 1 heterocycles. The Balaban J connectivity index is 2.57. The van der Waals surface area contributed by atoms with Crippen molar-refractivity contribution < 1.29 is 0 Å². The molecule has 0 unspecified atom stereocenters. The van der Waals surface area contributed by atoms with Crippen molar-refractivity contribution in [3.8, 4) is 0 Å². The van der Waals surface area contributed by atoms with E-state index in [1.54, 1.807) is 4.80 Å². The minimum absolute atomic E-state index is 0.223. The quantitative estimate of drug-likeness (QED) is 0.577. The third-order valence-corrected chi connectivity index (χ3v) is 1.01. The standard InChI is InChI=1S/C6H12N4/c1-6(2,3)4-10-8-5-7-9-10/h5H,4H2,1-3H3. The average Bonchev–Trinajstić information content (AvgIpc) is 2.12. The van der Waals surface area contributed by atoms with Gasteiger partial charge in [0, 0.05) is 0 Å². The summed E-state index contributed by atoms with van der Waals surface area (Å²) in [6.45, 7) is 7.22. The summed E-state index contributed by atoms with van der Waals surface area (Å²) in [7, 11) is 0. The van der Waals surface area contributed by atoms with Gasteiger partial charge in [0.15, 0.2) is 6.33 Å². The van der Waals surface area contributed by atoms with Gasteiger partial charge in [0.25, 0.3) is 0 Å². The number of tetrazole rings is 1. The van der Waals surface area contributed by atoms with Crippen molar-refractivity contribution in [1.29, 1.82) is 0 Å². The van der Waals surface area contributed by atoms with Gasteiger partial charge in [-0.3, -0.25) is 0 Å². The first kappa shape index (κ1) is 7.18. The second-order valence-corrected chi connectivity index (χ2v) is 3.53. The fraction of sp³-hybridized carbons (Fsp3) is 0.833. The van der Waals surface area contributed by atoms with Crippen molar-refractivity contribution >= 4 is 0 Å². The van der Waals surface area contributed by atoms with Gasteiger partial charge in [-0.05, 0) is 10.6 Å². The Hall–Kier alpha value is -0.930. The van der Waals surface area contributed by atoms with Crippen LogP contribution < -0.4 is 0 Å². The molecule has 0 N–H and O–H groups in total. The SMILES string of the molecule is CC(C)(C)Cn1ncnn1. The van der Waals surface area contributed by atoms with E-state index in [0.717, 1.165) is 6.54 Å². The van der Waals surface area contributed by atoms with E-state index in [1.165, 1.54) is 6.33 Å². The predicted molar refractivity (Wildman–Crippen MR) is 37.3 cm³/mol. The van der Waals surface area contributed by atoms with Gasteiger partial charge in [0.1, 0.15) is 0 Å². The molecule has 10 heavy (non-hydrogen) atoms. The Bertz CT molecular complexity index is 184. The normalized spacial score (nSPS) is 11.9. The van der Waals surface area contributed by atoms with Gasteiger partial charge < -0.3 is 0 Å². The van der Waals surface area contributed by atoms with Crippen LogP contribution in [0.3, 0.4) is 0 Å². The van der Waals surface area contributed by atoms with Crippen molar-refractivity contribution in [1.82, 2.24) is 20.2 Å². The zero-order valence-corrected chi connectivity index (χ0v) is 6.57. The summed E-state index contributed by atoms with van der Waals surface area (Å²) in [5.41, 5.74) is 0.223. The van der Waals surface area contributed by atoms with Gasteiger partial charge >= 0.3 is 0 Å². The van der Waals surface area contributed by atoms with Gasteiger partial charge in [0.05, 0.1) is 6.54 Å². The molecular weight excluding hydrogens is 128 g/mol. The summed E-state index contributed by atoms with van der Waals surface area (Å²) in [6.07, 6.45) is 1.45. The highest BCUT2D eigenvalue weighted by Crippen LogP contribution is 2.13. The maximum Gasteiger partial charge on any atom is 0.162 e. The summed E-state index contributed by atoms with van der Waals surface area (Å²) in [4.78, 5) is 1.60. The van der Waals surface area contributed by atoms with E-state index < -0.39 is 0 Å². The first-order chi connectivity index (χ1) is 4.58. The van der Waals surface area contributed by atoms with Crippen LogP contribution in [0.4, 0.5) is 0 Å². The first-order valence-electron chi connectivity index (χ1n) is 3.29. The molecule has 56 valence electrons. The monoisotopic (exact) mass is 140 g/mol. The Morgan fingerprint density at radius 2 is 2.10 bits per heavy atom. The van der Waals surface area contributed by atoms with Crippen LogP contribution in [0, 0.1) is 5.41 Å². The summed E-state index contributed by atoms with van der Waals surface area (Å²) >= 11 is 0. The fourth-order valence-electron chi connectivity index (χ4n) is 0.685. The van der Waals surface area contributed by atoms with Crippen LogP contribution in [0.25, 0.3) is 0 Å². The second-order valence-electron chi connectivity index (χ2n) is 3.53. The molecule has 4 nitrogen and oxygen atoms in total. The van der Waals surface area contributed by atoms with Gasteiger partial charge in [-0.2, -0.15) is 4.80 Å².